The zero-order valence-corrected chi connectivity index (χ0v) is 16.8. The third-order valence-electron chi connectivity index (χ3n) is 4.48. The molecule has 0 bridgehead atoms. The Labute approximate surface area is 172 Å². The Balaban J connectivity index is 1.46. The van der Waals surface area contributed by atoms with E-state index in [0.717, 1.165) is 27.8 Å². The van der Waals surface area contributed by atoms with Gasteiger partial charge in [0.05, 0.1) is 29.2 Å². The molecule has 28 heavy (non-hydrogen) atoms. The Hall–Kier alpha value is -2.70. The normalized spacial score (nSPS) is 12.9. The molecule has 0 fully saturated rings. The third kappa shape index (κ3) is 3.93. The van der Waals surface area contributed by atoms with Crippen LogP contribution >= 0.6 is 22.9 Å². The molecule has 144 valence electrons. The van der Waals surface area contributed by atoms with Crippen LogP contribution in [-0.2, 0) is 6.54 Å². The molecule has 1 aromatic heterocycles. The van der Waals surface area contributed by atoms with E-state index < -0.39 is 0 Å². The standard InChI is InChI=1S/C21H19ClN2O3S/c1-26-16-5-2-14(3-6-16)13-23-21(25)19-8-9-20(28-19)24-10-11-27-18-7-4-15(22)12-17(18)24/h2-9,12H,10-11,13H2,1H3,(H,23,25). The quantitative estimate of drug-likeness (QED) is 0.647. The first-order valence-corrected chi connectivity index (χ1v) is 10.0. The van der Waals surface area contributed by atoms with E-state index in [1.54, 1.807) is 7.11 Å². The average molecular weight is 415 g/mol. The van der Waals surface area contributed by atoms with Gasteiger partial charge in [-0.15, -0.1) is 11.3 Å². The average Bonchev–Trinajstić information content (AvgIpc) is 3.22. The summed E-state index contributed by atoms with van der Waals surface area (Å²) in [5.41, 5.74) is 1.94. The van der Waals surface area contributed by atoms with Gasteiger partial charge in [-0.3, -0.25) is 4.79 Å². The van der Waals surface area contributed by atoms with Gasteiger partial charge in [0.1, 0.15) is 18.1 Å². The molecule has 2 aromatic carbocycles. The summed E-state index contributed by atoms with van der Waals surface area (Å²) in [5.74, 6) is 1.50. The summed E-state index contributed by atoms with van der Waals surface area (Å²) in [7, 11) is 1.63. The summed E-state index contributed by atoms with van der Waals surface area (Å²) in [6.45, 7) is 1.76. The minimum absolute atomic E-state index is 0.0911. The molecule has 1 N–H and O–H groups in total. The van der Waals surface area contributed by atoms with Crippen molar-refractivity contribution in [1.29, 1.82) is 0 Å². The van der Waals surface area contributed by atoms with Crippen LogP contribution in [-0.4, -0.2) is 26.2 Å². The van der Waals surface area contributed by atoms with Crippen molar-refractivity contribution in [1.82, 2.24) is 5.32 Å². The number of hydrogen-bond donors (Lipinski definition) is 1. The number of thiophene rings is 1. The van der Waals surface area contributed by atoms with Gasteiger partial charge in [0.15, 0.2) is 0 Å². The molecule has 0 saturated carbocycles. The van der Waals surface area contributed by atoms with Crippen LogP contribution in [0.3, 0.4) is 0 Å². The first-order chi connectivity index (χ1) is 13.6. The number of anilines is 2. The molecule has 1 aliphatic heterocycles. The van der Waals surface area contributed by atoms with Crippen molar-refractivity contribution in [2.45, 2.75) is 6.54 Å². The number of rotatable bonds is 5. The lowest BCUT2D eigenvalue weighted by molar-refractivity contribution is 0.0955. The molecule has 0 unspecified atom stereocenters. The smallest absolute Gasteiger partial charge is 0.261 e. The number of fused-ring (bicyclic) bond motifs is 1. The zero-order valence-electron chi connectivity index (χ0n) is 15.3. The number of nitrogens with one attached hydrogen (secondary N) is 1. The van der Waals surface area contributed by atoms with E-state index in [4.69, 9.17) is 21.1 Å². The summed E-state index contributed by atoms with van der Waals surface area (Å²) in [4.78, 5) is 15.3. The molecular weight excluding hydrogens is 396 g/mol. The molecular formula is C21H19ClN2O3S. The largest absolute Gasteiger partial charge is 0.497 e. The molecule has 0 saturated heterocycles. The van der Waals surface area contributed by atoms with Crippen molar-refractivity contribution in [3.8, 4) is 11.5 Å². The van der Waals surface area contributed by atoms with Crippen LogP contribution in [0, 0.1) is 0 Å². The highest BCUT2D eigenvalue weighted by molar-refractivity contribution is 7.18. The van der Waals surface area contributed by atoms with Gasteiger partial charge in [-0.05, 0) is 48.0 Å². The summed E-state index contributed by atoms with van der Waals surface area (Å²) in [6.07, 6.45) is 0. The van der Waals surface area contributed by atoms with Gasteiger partial charge in [-0.1, -0.05) is 23.7 Å². The van der Waals surface area contributed by atoms with Crippen molar-refractivity contribution in [2.75, 3.05) is 25.2 Å². The van der Waals surface area contributed by atoms with Crippen molar-refractivity contribution in [3.05, 3.63) is 70.1 Å². The summed E-state index contributed by atoms with van der Waals surface area (Å²) < 4.78 is 10.9. The minimum Gasteiger partial charge on any atom is -0.497 e. The second-order valence-electron chi connectivity index (χ2n) is 6.28. The molecule has 0 spiro atoms. The minimum atomic E-state index is -0.0911. The highest BCUT2D eigenvalue weighted by atomic mass is 35.5. The van der Waals surface area contributed by atoms with Gasteiger partial charge < -0.3 is 19.7 Å². The second kappa shape index (κ2) is 8.12. The number of methoxy groups -OCH3 is 1. The monoisotopic (exact) mass is 414 g/mol. The number of hydrogen-bond acceptors (Lipinski definition) is 5. The van der Waals surface area contributed by atoms with E-state index in [1.165, 1.54) is 11.3 Å². The van der Waals surface area contributed by atoms with Gasteiger partial charge >= 0.3 is 0 Å². The van der Waals surface area contributed by atoms with Crippen molar-refractivity contribution in [3.63, 3.8) is 0 Å². The Bertz CT molecular complexity index is 988. The number of carbonyl (C=O) groups excluding carboxylic acids is 1. The van der Waals surface area contributed by atoms with Gasteiger partial charge in [0, 0.05) is 11.6 Å². The number of nitrogens with zero attached hydrogens (tertiary/aromatic N) is 1. The topological polar surface area (TPSA) is 50.8 Å². The van der Waals surface area contributed by atoms with Crippen LogP contribution in [0.25, 0.3) is 0 Å². The molecule has 3 aromatic rings. The number of ether oxygens (including phenoxy) is 2. The first-order valence-electron chi connectivity index (χ1n) is 8.85. The maximum Gasteiger partial charge on any atom is 0.261 e. The molecule has 0 aliphatic carbocycles. The van der Waals surface area contributed by atoms with Crippen LogP contribution in [0.1, 0.15) is 15.2 Å². The number of halogens is 1. The van der Waals surface area contributed by atoms with E-state index in [2.05, 4.69) is 10.2 Å². The molecule has 0 radical (unpaired) electrons. The SMILES string of the molecule is COc1ccc(CNC(=O)c2ccc(N3CCOc4ccc(Cl)cc43)s2)cc1. The predicted octanol–water partition coefficient (Wildman–Crippen LogP) is 4.87. The highest BCUT2D eigenvalue weighted by Gasteiger charge is 2.22. The van der Waals surface area contributed by atoms with E-state index >= 15 is 0 Å². The van der Waals surface area contributed by atoms with E-state index in [-0.39, 0.29) is 5.91 Å². The fourth-order valence-corrected chi connectivity index (χ4v) is 4.16. The first kappa shape index (κ1) is 18.7. The molecule has 1 aliphatic rings. The molecule has 4 rings (SSSR count). The van der Waals surface area contributed by atoms with Crippen molar-refractivity contribution in [2.24, 2.45) is 0 Å². The van der Waals surface area contributed by atoms with Crippen LogP contribution in [0.4, 0.5) is 10.7 Å². The zero-order chi connectivity index (χ0) is 19.5. The number of carbonyl (C=O) groups is 1. The lowest BCUT2D eigenvalue weighted by Crippen LogP contribution is -2.27. The maximum atomic E-state index is 12.5. The van der Waals surface area contributed by atoms with Crippen molar-refractivity contribution >= 4 is 39.5 Å². The predicted molar refractivity (Wildman–Crippen MR) is 112 cm³/mol. The second-order valence-corrected chi connectivity index (χ2v) is 7.78. The van der Waals surface area contributed by atoms with Crippen LogP contribution < -0.4 is 19.7 Å². The van der Waals surface area contributed by atoms with Crippen LogP contribution in [0.2, 0.25) is 5.02 Å². The van der Waals surface area contributed by atoms with E-state index in [0.29, 0.717) is 29.6 Å². The lowest BCUT2D eigenvalue weighted by atomic mass is 10.2. The lowest BCUT2D eigenvalue weighted by Gasteiger charge is -2.30. The Morgan fingerprint density at radius 1 is 1.21 bits per heavy atom. The Kier molecular flexibility index (Phi) is 5.41. The van der Waals surface area contributed by atoms with E-state index in [1.807, 2.05) is 54.6 Å². The van der Waals surface area contributed by atoms with Gasteiger partial charge in [-0.2, -0.15) is 0 Å². The molecule has 7 heteroatoms. The Morgan fingerprint density at radius 3 is 2.82 bits per heavy atom. The van der Waals surface area contributed by atoms with Gasteiger partial charge in [0.25, 0.3) is 5.91 Å². The molecule has 1 amide bonds. The summed E-state index contributed by atoms with van der Waals surface area (Å²) in [6, 6.07) is 17.0. The van der Waals surface area contributed by atoms with Crippen molar-refractivity contribution < 1.29 is 14.3 Å². The van der Waals surface area contributed by atoms with Crippen LogP contribution in [0.15, 0.2) is 54.6 Å². The summed E-state index contributed by atoms with van der Waals surface area (Å²) in [5, 5.41) is 4.61. The molecule has 5 nitrogen and oxygen atoms in total. The third-order valence-corrected chi connectivity index (χ3v) is 5.82. The highest BCUT2D eigenvalue weighted by Crippen LogP contribution is 2.40. The van der Waals surface area contributed by atoms with Gasteiger partial charge in [-0.25, -0.2) is 0 Å². The molecule has 0 atom stereocenters. The van der Waals surface area contributed by atoms with Crippen LogP contribution in [0.5, 0.6) is 11.5 Å². The molecule has 2 heterocycles. The maximum absolute atomic E-state index is 12.5. The van der Waals surface area contributed by atoms with Gasteiger partial charge in [0.2, 0.25) is 0 Å². The number of amides is 1. The fourth-order valence-electron chi connectivity index (χ4n) is 3.03. The Morgan fingerprint density at radius 2 is 2.04 bits per heavy atom. The summed E-state index contributed by atoms with van der Waals surface area (Å²) >= 11 is 7.61. The van der Waals surface area contributed by atoms with E-state index in [9.17, 15) is 4.79 Å². The number of benzene rings is 2. The fraction of sp³-hybridized carbons (Fsp3) is 0.190.